The van der Waals surface area contributed by atoms with E-state index in [1.807, 2.05) is 0 Å². The molecule has 0 atom stereocenters. The topological polar surface area (TPSA) is 985 Å². The van der Waals surface area contributed by atoms with E-state index in [-0.39, 0.29) is 198 Å². The van der Waals surface area contributed by atoms with Crippen LogP contribution in [-0.2, 0) is 9.59 Å². The highest BCUT2D eigenvalue weighted by molar-refractivity contribution is 5.66. The molecule has 0 bridgehead atoms. The number of aliphatic carboxylic acids is 2. The summed E-state index contributed by atoms with van der Waals surface area (Å²) in [5, 5.41) is 377. The van der Waals surface area contributed by atoms with Gasteiger partial charge in [-0.15, -0.1) is 0 Å². The summed E-state index contributed by atoms with van der Waals surface area (Å²) in [6.45, 7) is -6.48. The van der Waals surface area contributed by atoms with Crippen molar-refractivity contribution in [2.45, 2.75) is 234 Å². The van der Waals surface area contributed by atoms with Crippen molar-refractivity contribution in [3.63, 3.8) is 0 Å². The third-order valence-electron chi connectivity index (χ3n) is 11.3. The van der Waals surface area contributed by atoms with Gasteiger partial charge in [-0.2, -0.15) is 0 Å². The Kier molecular flexibility index (Phi) is 200. The molecule has 0 aliphatic rings. The molecule has 49 nitrogen and oxygen atoms in total. The molecular weight excluding hydrogens is 1610 g/mol. The highest BCUT2D eigenvalue weighted by atomic mass is 16.4. The molecular formula is C69H168O49. The van der Waals surface area contributed by atoms with Gasteiger partial charge in [0.1, 0.15) is 91.6 Å². The molecule has 0 radical (unpaired) electrons. The van der Waals surface area contributed by atoms with Gasteiger partial charge in [-0.1, -0.05) is 117 Å². The van der Waals surface area contributed by atoms with Gasteiger partial charge in [-0.25, -0.2) is 0 Å². The SMILES string of the molecule is CCCCCCCCCCCC(=O)O.CCCCCCCCCCCC(=O)O.OCC(O)CO.OCC(O)CO.OCC(O)CO.OCC(O)CO.OCC(O)CO.OCC(O)CO.OCC(O)CO.OCC(O)CO.OCC(O)CO.OCC(O)CO.OCC(O)CO.OCC(O)CO.OCC(O)CO.OCC(O)CO.OCC(O)CO. The van der Waals surface area contributed by atoms with Crippen molar-refractivity contribution < 1.29 is 250 Å². The van der Waals surface area contributed by atoms with Crippen LogP contribution in [0.2, 0.25) is 0 Å². The van der Waals surface area contributed by atoms with Gasteiger partial charge in [-0.3, -0.25) is 9.59 Å². The number of rotatable bonds is 50. The number of hydrogen-bond donors (Lipinski definition) is 47. The fourth-order valence-corrected chi connectivity index (χ4v) is 4.04. The molecule has 0 aromatic carbocycles. The van der Waals surface area contributed by atoms with E-state index >= 15 is 0 Å². The van der Waals surface area contributed by atoms with Gasteiger partial charge < -0.3 is 240 Å². The maximum absolute atomic E-state index is 10.2. The first-order valence-electron chi connectivity index (χ1n) is 37.6. The van der Waals surface area contributed by atoms with Gasteiger partial charge in [0, 0.05) is 12.8 Å². The van der Waals surface area contributed by atoms with Crippen LogP contribution in [0, 0.1) is 0 Å². The van der Waals surface area contributed by atoms with Gasteiger partial charge in [0.25, 0.3) is 0 Å². The van der Waals surface area contributed by atoms with Crippen LogP contribution in [0.3, 0.4) is 0 Å². The zero-order valence-corrected chi connectivity index (χ0v) is 68.9. The lowest BCUT2D eigenvalue weighted by molar-refractivity contribution is -0.138. The number of aliphatic hydroxyl groups is 45. The first kappa shape index (κ1) is 156. The van der Waals surface area contributed by atoms with Crippen LogP contribution in [0.15, 0.2) is 0 Å². The molecule has 0 spiro atoms. The Hall–Kier alpha value is -2.86. The normalized spacial score (nSPS) is 10.1. The molecule has 118 heavy (non-hydrogen) atoms. The first-order chi connectivity index (χ1) is 55.7. The summed E-state index contributed by atoms with van der Waals surface area (Å²) in [7, 11) is 0. The van der Waals surface area contributed by atoms with E-state index in [2.05, 4.69) is 13.8 Å². The van der Waals surface area contributed by atoms with E-state index in [9.17, 15) is 9.59 Å². The van der Waals surface area contributed by atoms with Crippen LogP contribution in [0.4, 0.5) is 0 Å². The molecule has 0 aliphatic heterocycles. The van der Waals surface area contributed by atoms with Crippen molar-refractivity contribution in [2.24, 2.45) is 0 Å². The lowest BCUT2D eigenvalue weighted by atomic mass is 10.1. The van der Waals surface area contributed by atoms with Crippen molar-refractivity contribution in [3.05, 3.63) is 0 Å². The largest absolute Gasteiger partial charge is 0.481 e. The maximum atomic E-state index is 10.2. The summed E-state index contributed by atoms with van der Waals surface area (Å²) in [5.74, 6) is -1.32. The molecule has 0 aromatic heterocycles. The molecule has 0 amide bonds. The summed E-state index contributed by atoms with van der Waals surface area (Å²) in [5.41, 5.74) is 0. The van der Waals surface area contributed by atoms with Crippen molar-refractivity contribution >= 4 is 11.9 Å². The van der Waals surface area contributed by atoms with Crippen molar-refractivity contribution in [1.82, 2.24) is 0 Å². The summed E-state index contributed by atoms with van der Waals surface area (Å²) < 4.78 is 0. The number of carboxylic acids is 2. The number of carbonyl (C=O) groups is 2. The van der Waals surface area contributed by atoms with Crippen LogP contribution in [0.25, 0.3) is 0 Å². The predicted molar refractivity (Wildman–Crippen MR) is 422 cm³/mol. The standard InChI is InChI=1S/2C12H24O2.15C3H8O3/c2*1-2-3-4-5-6-7-8-9-10-11-12(13)14;15*4-1-3(6)2-5/h2*2-11H2,1H3,(H,13,14);15*3-6H,1-2H2. The molecule has 0 aromatic rings. The second-order valence-electron chi connectivity index (χ2n) is 23.2. The minimum atomic E-state index is -0.954. The first-order valence-corrected chi connectivity index (χ1v) is 37.6. The van der Waals surface area contributed by atoms with Gasteiger partial charge in [0.05, 0.1) is 198 Å². The minimum absolute atomic E-state index is 0.343. The summed E-state index contributed by atoms with van der Waals surface area (Å²) in [4.78, 5) is 20.4. The quantitative estimate of drug-likeness (QED) is 0.0252. The maximum Gasteiger partial charge on any atom is 0.303 e. The average Bonchev–Trinajstić information content (AvgIpc) is 1.25. The van der Waals surface area contributed by atoms with Gasteiger partial charge in [0.15, 0.2) is 0 Å². The van der Waals surface area contributed by atoms with E-state index in [1.165, 1.54) is 89.9 Å². The van der Waals surface area contributed by atoms with Gasteiger partial charge in [0.2, 0.25) is 0 Å². The smallest absolute Gasteiger partial charge is 0.303 e. The summed E-state index contributed by atoms with van der Waals surface area (Å²) >= 11 is 0. The van der Waals surface area contributed by atoms with Gasteiger partial charge >= 0.3 is 11.9 Å². The van der Waals surface area contributed by atoms with Gasteiger partial charge in [-0.05, 0) is 12.8 Å². The second kappa shape index (κ2) is 152. The molecule has 49 heteroatoms. The Balaban J connectivity index is -0.0000000619. The fourth-order valence-electron chi connectivity index (χ4n) is 4.04. The molecule has 0 heterocycles. The molecule has 738 valence electrons. The molecule has 0 fully saturated rings. The Morgan fingerprint density at radius 2 is 0.212 bits per heavy atom. The van der Waals surface area contributed by atoms with Crippen LogP contribution in [0.5, 0.6) is 0 Å². The van der Waals surface area contributed by atoms with Crippen molar-refractivity contribution in [2.75, 3.05) is 198 Å². The molecule has 0 saturated heterocycles. The Morgan fingerprint density at radius 1 is 0.144 bits per heavy atom. The second-order valence-corrected chi connectivity index (χ2v) is 23.2. The van der Waals surface area contributed by atoms with Crippen LogP contribution in [0.1, 0.15) is 142 Å². The lowest BCUT2D eigenvalue weighted by Gasteiger charge is -2.00. The monoisotopic (exact) mass is 1780 g/mol. The Labute approximate surface area is 691 Å². The average molecular weight is 1780 g/mol. The summed E-state index contributed by atoms with van der Waals surface area (Å²) in [6, 6.07) is 0. The third-order valence-corrected chi connectivity index (χ3v) is 11.3. The zero-order chi connectivity index (χ0) is 96.2. The number of unbranched alkanes of at least 4 members (excludes halogenated alkanes) is 16. The number of carboxylic acid groups (broad SMARTS) is 2. The zero-order valence-electron chi connectivity index (χ0n) is 68.9. The van der Waals surface area contributed by atoms with E-state index < -0.39 is 103 Å². The molecule has 0 aliphatic carbocycles. The number of hydrogen-bond acceptors (Lipinski definition) is 47. The molecule has 0 rings (SSSR count). The van der Waals surface area contributed by atoms with E-state index in [4.69, 9.17) is 240 Å². The molecule has 0 saturated carbocycles. The third kappa shape index (κ3) is 227. The Bertz CT molecular complexity index is 1170. The number of aliphatic hydroxyl groups excluding tert-OH is 45. The van der Waals surface area contributed by atoms with E-state index in [0.29, 0.717) is 12.8 Å². The Morgan fingerprint density at radius 3 is 0.263 bits per heavy atom. The highest BCUT2D eigenvalue weighted by Gasteiger charge is 2.03. The van der Waals surface area contributed by atoms with Crippen molar-refractivity contribution in [1.29, 1.82) is 0 Å². The van der Waals surface area contributed by atoms with E-state index in [1.54, 1.807) is 0 Å². The van der Waals surface area contributed by atoms with Crippen LogP contribution in [-0.4, -0.2) is 542 Å². The lowest BCUT2D eigenvalue weighted by Crippen LogP contribution is -2.15. The van der Waals surface area contributed by atoms with Crippen molar-refractivity contribution in [3.8, 4) is 0 Å². The summed E-state index contributed by atoms with van der Waals surface area (Å²) in [6.07, 6.45) is 8.65. The van der Waals surface area contributed by atoms with Crippen LogP contribution < -0.4 is 0 Å². The molecule has 0 unspecified atom stereocenters. The predicted octanol–water partition coefficient (Wildman–Crippen LogP) is -17.0. The fraction of sp³-hybridized carbons (Fsp3) is 0.971. The highest BCUT2D eigenvalue weighted by Crippen LogP contribution is 2.11. The molecule has 47 N–H and O–H groups in total. The van der Waals surface area contributed by atoms with Crippen LogP contribution >= 0.6 is 0 Å². The van der Waals surface area contributed by atoms with E-state index in [0.717, 1.165) is 25.7 Å². The minimum Gasteiger partial charge on any atom is -0.481 e.